The second-order valence-electron chi connectivity index (χ2n) is 10.7. The van der Waals surface area contributed by atoms with E-state index in [1.165, 1.54) is 5.69 Å². The summed E-state index contributed by atoms with van der Waals surface area (Å²) in [6.07, 6.45) is 0. The Labute approximate surface area is 184 Å². The minimum absolute atomic E-state index is 0.237. The Kier molecular flexibility index (Phi) is 9.04. The van der Waals surface area contributed by atoms with E-state index in [0.29, 0.717) is 0 Å². The normalized spacial score (nSPS) is 13.7. The van der Waals surface area contributed by atoms with Crippen LogP contribution in [-0.4, -0.2) is 42.9 Å². The van der Waals surface area contributed by atoms with Crippen molar-refractivity contribution < 1.29 is 8.85 Å². The van der Waals surface area contributed by atoms with Crippen molar-refractivity contribution in [2.75, 3.05) is 31.2 Å². The van der Waals surface area contributed by atoms with E-state index in [1.807, 2.05) is 0 Å². The van der Waals surface area contributed by atoms with E-state index in [-0.39, 0.29) is 10.1 Å². The van der Waals surface area contributed by atoms with Gasteiger partial charge >= 0.3 is 0 Å². The van der Waals surface area contributed by atoms with Crippen molar-refractivity contribution in [1.29, 1.82) is 0 Å². The molecule has 1 aromatic carbocycles. The molecule has 0 fully saturated rings. The van der Waals surface area contributed by atoms with Gasteiger partial charge in [-0.2, -0.15) is 0 Å². The van der Waals surface area contributed by atoms with Crippen molar-refractivity contribution in [2.45, 2.75) is 77.8 Å². The Morgan fingerprint density at radius 2 is 1.11 bits per heavy atom. The molecule has 0 unspecified atom stereocenters. The van der Waals surface area contributed by atoms with Crippen molar-refractivity contribution in [3.8, 4) is 0 Å². The van der Waals surface area contributed by atoms with Gasteiger partial charge in [-0.3, -0.25) is 0 Å². The fourth-order valence-corrected chi connectivity index (χ4v) is 4.61. The van der Waals surface area contributed by atoms with Gasteiger partial charge in [0.15, 0.2) is 16.6 Å². The molecule has 0 aliphatic heterocycles. The molecule has 0 aromatic heterocycles. The van der Waals surface area contributed by atoms with E-state index >= 15 is 0 Å². The lowest BCUT2D eigenvalue weighted by Gasteiger charge is -2.38. The number of benzene rings is 1. The molecular formula is C22H42BrNO2Si2. The van der Waals surface area contributed by atoms with E-state index in [9.17, 15) is 0 Å². The van der Waals surface area contributed by atoms with Crippen LogP contribution in [0.5, 0.6) is 0 Å². The molecule has 0 amide bonds. The third-order valence-electron chi connectivity index (χ3n) is 6.45. The van der Waals surface area contributed by atoms with Gasteiger partial charge < -0.3 is 13.8 Å². The molecule has 1 rings (SSSR count). The quantitative estimate of drug-likeness (QED) is 0.341. The zero-order valence-corrected chi connectivity index (χ0v) is 23.4. The first-order valence-electron chi connectivity index (χ1n) is 10.4. The molecule has 0 spiro atoms. The standard InChI is InChI=1S/C22H42BrNO2Si2/c1-21(2,3)27(7,8)25-17-15-24(20-13-11-19(23)12-14-20)16-18-26-28(9,10)22(4,5)6/h11-14H,15-18H2,1-10H3. The Balaban J connectivity index is 2.77. The topological polar surface area (TPSA) is 21.7 Å². The van der Waals surface area contributed by atoms with Crippen molar-refractivity contribution in [2.24, 2.45) is 0 Å². The van der Waals surface area contributed by atoms with Gasteiger partial charge in [-0.25, -0.2) is 0 Å². The lowest BCUT2D eigenvalue weighted by atomic mass is 10.2. The average molecular weight is 489 g/mol. The summed E-state index contributed by atoms with van der Waals surface area (Å²) in [7, 11) is -3.45. The molecule has 0 aliphatic rings. The van der Waals surface area contributed by atoms with Crippen molar-refractivity contribution >= 4 is 38.3 Å². The molecule has 0 bridgehead atoms. The Morgan fingerprint density at radius 3 is 1.43 bits per heavy atom. The smallest absolute Gasteiger partial charge is 0.192 e. The first kappa shape index (κ1) is 25.9. The maximum atomic E-state index is 6.43. The maximum absolute atomic E-state index is 6.43. The van der Waals surface area contributed by atoms with E-state index < -0.39 is 16.6 Å². The Bertz CT molecular complexity index is 572. The molecule has 0 N–H and O–H groups in total. The number of hydrogen-bond acceptors (Lipinski definition) is 3. The molecule has 0 saturated heterocycles. The Morgan fingerprint density at radius 1 is 0.750 bits per heavy atom. The molecule has 6 heteroatoms. The highest BCUT2D eigenvalue weighted by Crippen LogP contribution is 2.37. The summed E-state index contributed by atoms with van der Waals surface area (Å²) in [5, 5.41) is 0.474. The van der Waals surface area contributed by atoms with Crippen LogP contribution in [0.3, 0.4) is 0 Å². The zero-order chi connectivity index (χ0) is 21.8. The largest absolute Gasteiger partial charge is 0.415 e. The highest BCUT2D eigenvalue weighted by atomic mass is 79.9. The lowest BCUT2D eigenvalue weighted by Crippen LogP contribution is -2.44. The predicted octanol–water partition coefficient (Wildman–Crippen LogP) is 7.30. The minimum atomic E-state index is -1.73. The molecule has 0 radical (unpaired) electrons. The van der Waals surface area contributed by atoms with Crippen LogP contribution in [0, 0.1) is 0 Å². The molecule has 1 aromatic rings. The van der Waals surface area contributed by atoms with Gasteiger partial charge in [-0.1, -0.05) is 57.5 Å². The molecule has 0 saturated carbocycles. The molecule has 0 aliphatic carbocycles. The van der Waals surface area contributed by atoms with Crippen LogP contribution in [0.15, 0.2) is 28.7 Å². The number of anilines is 1. The van der Waals surface area contributed by atoms with Crippen LogP contribution in [0.1, 0.15) is 41.5 Å². The van der Waals surface area contributed by atoms with Crippen molar-refractivity contribution in [3.05, 3.63) is 28.7 Å². The second kappa shape index (κ2) is 9.77. The molecular weight excluding hydrogens is 446 g/mol. The van der Waals surface area contributed by atoms with Gasteiger partial charge in [0.05, 0.1) is 13.2 Å². The summed E-state index contributed by atoms with van der Waals surface area (Å²) < 4.78 is 14.0. The summed E-state index contributed by atoms with van der Waals surface area (Å²) in [5.41, 5.74) is 1.22. The van der Waals surface area contributed by atoms with E-state index in [0.717, 1.165) is 30.8 Å². The minimum Gasteiger partial charge on any atom is -0.415 e. The average Bonchev–Trinajstić information content (AvgIpc) is 2.52. The highest BCUT2D eigenvalue weighted by Gasteiger charge is 2.38. The predicted molar refractivity (Wildman–Crippen MR) is 133 cm³/mol. The fourth-order valence-electron chi connectivity index (χ4n) is 2.28. The molecule has 0 heterocycles. The van der Waals surface area contributed by atoms with Gasteiger partial charge in [-0.05, 0) is 60.5 Å². The third-order valence-corrected chi connectivity index (χ3v) is 16.1. The SMILES string of the molecule is CC(C)(C)[Si](C)(C)OCCN(CCO[Si](C)(C)C(C)(C)C)c1ccc(Br)cc1. The van der Waals surface area contributed by atoms with Gasteiger partial charge in [0, 0.05) is 23.2 Å². The van der Waals surface area contributed by atoms with E-state index in [4.69, 9.17) is 8.85 Å². The summed E-state index contributed by atoms with van der Waals surface area (Å²) in [6.45, 7) is 26.3. The molecule has 3 nitrogen and oxygen atoms in total. The summed E-state index contributed by atoms with van der Waals surface area (Å²) in [5.74, 6) is 0. The summed E-state index contributed by atoms with van der Waals surface area (Å²) in [4.78, 5) is 2.40. The number of rotatable bonds is 9. The van der Waals surface area contributed by atoms with E-state index in [1.54, 1.807) is 0 Å². The molecule has 28 heavy (non-hydrogen) atoms. The maximum Gasteiger partial charge on any atom is 0.192 e. The van der Waals surface area contributed by atoms with Crippen molar-refractivity contribution in [3.63, 3.8) is 0 Å². The van der Waals surface area contributed by atoms with Crippen LogP contribution in [-0.2, 0) is 8.85 Å². The number of hydrogen-bond donors (Lipinski definition) is 0. The summed E-state index contributed by atoms with van der Waals surface area (Å²) in [6, 6.07) is 8.54. The number of halogens is 1. The van der Waals surface area contributed by atoms with Crippen molar-refractivity contribution in [1.82, 2.24) is 0 Å². The monoisotopic (exact) mass is 487 g/mol. The van der Waals surface area contributed by atoms with Crippen LogP contribution in [0.2, 0.25) is 36.3 Å². The van der Waals surface area contributed by atoms with Crippen LogP contribution in [0.25, 0.3) is 0 Å². The third kappa shape index (κ3) is 7.60. The van der Waals surface area contributed by atoms with Crippen LogP contribution in [0.4, 0.5) is 5.69 Å². The highest BCUT2D eigenvalue weighted by molar-refractivity contribution is 9.10. The zero-order valence-electron chi connectivity index (χ0n) is 19.8. The van der Waals surface area contributed by atoms with Gasteiger partial charge in [0.2, 0.25) is 0 Å². The Hall–Kier alpha value is -0.146. The molecule has 0 atom stereocenters. The van der Waals surface area contributed by atoms with Gasteiger partial charge in [0.25, 0.3) is 0 Å². The summed E-state index contributed by atoms with van der Waals surface area (Å²) >= 11 is 3.54. The molecule has 162 valence electrons. The van der Waals surface area contributed by atoms with Crippen LogP contribution < -0.4 is 4.90 Å². The number of nitrogens with zero attached hydrogens (tertiary/aromatic N) is 1. The van der Waals surface area contributed by atoms with Gasteiger partial charge in [0.1, 0.15) is 0 Å². The van der Waals surface area contributed by atoms with Crippen LogP contribution >= 0.6 is 15.9 Å². The lowest BCUT2D eigenvalue weighted by molar-refractivity contribution is 0.276. The van der Waals surface area contributed by atoms with Gasteiger partial charge in [-0.15, -0.1) is 0 Å². The first-order chi connectivity index (χ1) is 12.6. The fraction of sp³-hybridized carbons (Fsp3) is 0.727. The second-order valence-corrected chi connectivity index (χ2v) is 21.2. The van der Waals surface area contributed by atoms with E-state index in [2.05, 4.69) is 113 Å². The first-order valence-corrected chi connectivity index (χ1v) is 17.0.